The van der Waals surface area contributed by atoms with Gasteiger partial charge in [-0.15, -0.1) is 0 Å². The number of hydrogen-bond donors (Lipinski definition) is 3. The molecule has 0 aromatic heterocycles. The molecule has 0 atom stereocenters. The van der Waals surface area contributed by atoms with Crippen molar-refractivity contribution in [2.45, 2.75) is 71.3 Å². The molecular weight excluding hydrogens is 242 g/mol. The molecule has 1 saturated carbocycles. The van der Waals surface area contributed by atoms with Crippen LogP contribution in [0.3, 0.4) is 0 Å². The monoisotopic (exact) mass is 269 g/mol. The highest BCUT2D eigenvalue weighted by Crippen LogP contribution is 2.28. The molecular formula is C14H27N3O2. The third kappa shape index (κ3) is 4.11. The minimum absolute atomic E-state index is 0.0559. The van der Waals surface area contributed by atoms with Crippen LogP contribution in [0, 0.1) is 5.41 Å². The molecule has 0 spiro atoms. The van der Waals surface area contributed by atoms with Crippen molar-refractivity contribution in [2.75, 3.05) is 0 Å². The van der Waals surface area contributed by atoms with Gasteiger partial charge in [-0.05, 0) is 12.8 Å². The van der Waals surface area contributed by atoms with Crippen molar-refractivity contribution in [2.24, 2.45) is 16.3 Å². The molecule has 0 aliphatic heterocycles. The van der Waals surface area contributed by atoms with Gasteiger partial charge in [0.1, 0.15) is 5.54 Å². The summed E-state index contributed by atoms with van der Waals surface area (Å²) in [4.78, 5) is 12.3. The third-order valence-corrected chi connectivity index (χ3v) is 3.84. The van der Waals surface area contributed by atoms with Gasteiger partial charge in [-0.25, -0.2) is 0 Å². The van der Waals surface area contributed by atoms with Gasteiger partial charge in [0.05, 0.1) is 0 Å². The lowest BCUT2D eigenvalue weighted by molar-refractivity contribution is -0.130. The molecule has 0 saturated heterocycles. The average Bonchev–Trinajstić information content (AvgIpc) is 2.30. The molecule has 1 rings (SSSR count). The number of amidine groups is 1. The van der Waals surface area contributed by atoms with Crippen LogP contribution in [-0.2, 0) is 4.79 Å². The second-order valence-corrected chi connectivity index (χ2v) is 6.54. The molecule has 0 unspecified atom stereocenters. The van der Waals surface area contributed by atoms with E-state index < -0.39 is 11.0 Å². The lowest BCUT2D eigenvalue weighted by Gasteiger charge is -2.37. The lowest BCUT2D eigenvalue weighted by Crippen LogP contribution is -2.59. The van der Waals surface area contributed by atoms with E-state index in [0.717, 1.165) is 38.5 Å². The SMILES string of the molecule is CC(C)(C)C(=O)NC1(/C(N)=N/O)CCCCCCC1. The van der Waals surface area contributed by atoms with Crippen LogP contribution in [0.25, 0.3) is 0 Å². The summed E-state index contributed by atoms with van der Waals surface area (Å²) in [7, 11) is 0. The summed E-state index contributed by atoms with van der Waals surface area (Å²) in [6.07, 6.45) is 6.94. The fraction of sp³-hybridized carbons (Fsp3) is 0.857. The van der Waals surface area contributed by atoms with Crippen LogP contribution in [0.1, 0.15) is 65.7 Å². The van der Waals surface area contributed by atoms with E-state index in [9.17, 15) is 4.79 Å². The quantitative estimate of drug-likeness (QED) is 0.311. The molecule has 0 heterocycles. The molecule has 5 nitrogen and oxygen atoms in total. The smallest absolute Gasteiger partial charge is 0.226 e. The van der Waals surface area contributed by atoms with Crippen LogP contribution < -0.4 is 11.1 Å². The number of oxime groups is 1. The molecule has 0 radical (unpaired) electrons. The first-order valence-corrected chi connectivity index (χ1v) is 7.12. The van der Waals surface area contributed by atoms with Crippen LogP contribution in [0.15, 0.2) is 5.16 Å². The van der Waals surface area contributed by atoms with Crippen molar-refractivity contribution in [3.8, 4) is 0 Å². The molecule has 19 heavy (non-hydrogen) atoms. The number of amides is 1. The fourth-order valence-corrected chi connectivity index (χ4v) is 2.45. The van der Waals surface area contributed by atoms with E-state index in [1.807, 2.05) is 20.8 Å². The minimum Gasteiger partial charge on any atom is -0.409 e. The maximum atomic E-state index is 12.3. The molecule has 1 fully saturated rings. The van der Waals surface area contributed by atoms with Crippen molar-refractivity contribution >= 4 is 11.7 Å². The van der Waals surface area contributed by atoms with Crippen LogP contribution >= 0.6 is 0 Å². The van der Waals surface area contributed by atoms with Crippen LogP contribution in [0.2, 0.25) is 0 Å². The number of rotatable bonds is 2. The van der Waals surface area contributed by atoms with Crippen molar-refractivity contribution in [3.63, 3.8) is 0 Å². The van der Waals surface area contributed by atoms with Crippen molar-refractivity contribution in [3.05, 3.63) is 0 Å². The van der Waals surface area contributed by atoms with Gasteiger partial charge in [-0.3, -0.25) is 4.79 Å². The normalized spacial score (nSPS) is 21.3. The van der Waals surface area contributed by atoms with Gasteiger partial charge >= 0.3 is 0 Å². The first kappa shape index (κ1) is 15.8. The van der Waals surface area contributed by atoms with Gasteiger partial charge in [-0.1, -0.05) is 58.0 Å². The summed E-state index contributed by atoms with van der Waals surface area (Å²) in [5.41, 5.74) is 4.72. The Bertz CT molecular complexity index is 337. The summed E-state index contributed by atoms with van der Waals surface area (Å²) < 4.78 is 0. The Balaban J connectivity index is 2.94. The Morgan fingerprint density at radius 3 is 2.05 bits per heavy atom. The molecule has 0 bridgehead atoms. The lowest BCUT2D eigenvalue weighted by atomic mass is 9.81. The molecule has 4 N–H and O–H groups in total. The second kappa shape index (κ2) is 6.26. The van der Waals surface area contributed by atoms with E-state index in [1.54, 1.807) is 0 Å². The maximum absolute atomic E-state index is 12.3. The van der Waals surface area contributed by atoms with E-state index in [-0.39, 0.29) is 11.7 Å². The Kier molecular flexibility index (Phi) is 5.20. The molecule has 0 aromatic carbocycles. The van der Waals surface area contributed by atoms with Crippen LogP contribution in [0.4, 0.5) is 0 Å². The highest BCUT2D eigenvalue weighted by atomic mass is 16.4. The zero-order chi connectivity index (χ0) is 14.5. The topological polar surface area (TPSA) is 87.7 Å². The predicted octanol–water partition coefficient (Wildman–Crippen LogP) is 2.38. The number of nitrogens with two attached hydrogens (primary N) is 1. The summed E-state index contributed by atoms with van der Waals surface area (Å²) in [6.45, 7) is 5.60. The van der Waals surface area contributed by atoms with Gasteiger partial charge in [0.15, 0.2) is 5.84 Å². The number of nitrogens with zero attached hydrogens (tertiary/aromatic N) is 1. The zero-order valence-electron chi connectivity index (χ0n) is 12.3. The van der Waals surface area contributed by atoms with E-state index in [2.05, 4.69) is 10.5 Å². The Hall–Kier alpha value is -1.26. The molecule has 1 aliphatic rings. The van der Waals surface area contributed by atoms with Crippen LogP contribution in [0.5, 0.6) is 0 Å². The largest absolute Gasteiger partial charge is 0.409 e. The first-order chi connectivity index (χ1) is 8.82. The highest BCUT2D eigenvalue weighted by molar-refractivity contribution is 5.95. The average molecular weight is 269 g/mol. The summed E-state index contributed by atoms with van der Waals surface area (Å²) >= 11 is 0. The van der Waals surface area contributed by atoms with E-state index in [1.165, 1.54) is 6.42 Å². The first-order valence-electron chi connectivity index (χ1n) is 7.12. The summed E-state index contributed by atoms with van der Waals surface area (Å²) in [6, 6.07) is 0. The molecule has 1 amide bonds. The summed E-state index contributed by atoms with van der Waals surface area (Å²) in [5, 5.41) is 15.2. The van der Waals surface area contributed by atoms with Gasteiger partial charge in [0.25, 0.3) is 0 Å². The Morgan fingerprint density at radius 2 is 1.63 bits per heavy atom. The Morgan fingerprint density at radius 1 is 1.16 bits per heavy atom. The Labute approximate surface area is 115 Å². The van der Waals surface area contributed by atoms with Gasteiger partial charge in [-0.2, -0.15) is 0 Å². The molecule has 0 aromatic rings. The molecule has 110 valence electrons. The van der Waals surface area contributed by atoms with Crippen molar-refractivity contribution in [1.29, 1.82) is 0 Å². The van der Waals surface area contributed by atoms with E-state index in [4.69, 9.17) is 10.9 Å². The number of nitrogens with one attached hydrogen (secondary N) is 1. The van der Waals surface area contributed by atoms with Gasteiger partial charge in [0, 0.05) is 5.41 Å². The summed E-state index contributed by atoms with van der Waals surface area (Å²) in [5.74, 6) is 0.0756. The maximum Gasteiger partial charge on any atom is 0.226 e. The molecule has 1 aliphatic carbocycles. The fourth-order valence-electron chi connectivity index (χ4n) is 2.45. The number of carbonyl (C=O) groups excluding carboxylic acids is 1. The van der Waals surface area contributed by atoms with Crippen molar-refractivity contribution in [1.82, 2.24) is 5.32 Å². The van der Waals surface area contributed by atoms with Crippen LogP contribution in [-0.4, -0.2) is 22.5 Å². The van der Waals surface area contributed by atoms with Gasteiger partial charge in [0.2, 0.25) is 5.91 Å². The van der Waals surface area contributed by atoms with Crippen molar-refractivity contribution < 1.29 is 10.0 Å². The van der Waals surface area contributed by atoms with E-state index in [0.29, 0.717) is 0 Å². The number of carbonyl (C=O) groups is 1. The number of hydrogen-bond acceptors (Lipinski definition) is 3. The highest BCUT2D eigenvalue weighted by Gasteiger charge is 2.38. The van der Waals surface area contributed by atoms with Gasteiger partial charge < -0.3 is 16.3 Å². The van der Waals surface area contributed by atoms with E-state index >= 15 is 0 Å². The predicted molar refractivity (Wildman–Crippen MR) is 76.1 cm³/mol. The zero-order valence-corrected chi connectivity index (χ0v) is 12.3. The third-order valence-electron chi connectivity index (χ3n) is 3.84. The second-order valence-electron chi connectivity index (χ2n) is 6.54. The standard InChI is InChI=1S/C14H27N3O2/c1-13(2,3)12(18)16-14(11(15)17-19)9-7-5-4-6-8-10-14/h19H,4-10H2,1-3H3,(H2,15,17)(H,16,18). The minimum atomic E-state index is -0.681. The molecule has 5 heteroatoms.